The number of unbranched alkanes of at least 4 members (excludes halogenated alkanes) is 1. The molecule has 0 radical (unpaired) electrons. The van der Waals surface area contributed by atoms with E-state index < -0.39 is 0 Å². The van der Waals surface area contributed by atoms with Gasteiger partial charge in [-0.05, 0) is 38.4 Å². The number of halogens is 1. The number of ether oxygens (including phenoxy) is 3. The van der Waals surface area contributed by atoms with Crippen LogP contribution in [0.5, 0.6) is 11.5 Å². The Morgan fingerprint density at radius 3 is 2.59 bits per heavy atom. The molecule has 5 heteroatoms. The maximum absolute atomic E-state index is 5.74. The van der Waals surface area contributed by atoms with Gasteiger partial charge in [0.2, 0.25) is 0 Å². The number of nitrogens with one attached hydrogen (secondary N) is 1. The summed E-state index contributed by atoms with van der Waals surface area (Å²) in [6.45, 7) is 8.10. The van der Waals surface area contributed by atoms with Crippen molar-refractivity contribution in [1.82, 2.24) is 5.32 Å². The van der Waals surface area contributed by atoms with Gasteiger partial charge in [0.15, 0.2) is 11.5 Å². The number of hydrogen-bond acceptors (Lipinski definition) is 4. The van der Waals surface area contributed by atoms with Crippen molar-refractivity contribution >= 4 is 15.9 Å². The van der Waals surface area contributed by atoms with E-state index in [9.17, 15) is 0 Å². The molecular formula is C17H28BrNO3. The predicted molar refractivity (Wildman–Crippen MR) is 93.9 cm³/mol. The highest BCUT2D eigenvalue weighted by Gasteiger charge is 2.13. The van der Waals surface area contributed by atoms with Crippen LogP contribution >= 0.6 is 15.9 Å². The van der Waals surface area contributed by atoms with Crippen LogP contribution in [0.3, 0.4) is 0 Å². The van der Waals surface area contributed by atoms with E-state index in [1.54, 1.807) is 7.11 Å². The van der Waals surface area contributed by atoms with Crippen LogP contribution in [0.15, 0.2) is 16.6 Å². The molecule has 0 spiro atoms. The van der Waals surface area contributed by atoms with E-state index in [0.29, 0.717) is 6.61 Å². The second kappa shape index (κ2) is 11.7. The third kappa shape index (κ3) is 6.55. The molecule has 0 atom stereocenters. The summed E-state index contributed by atoms with van der Waals surface area (Å²) in [6.07, 6.45) is 3.33. The third-order valence-electron chi connectivity index (χ3n) is 3.26. The molecule has 0 unspecified atom stereocenters. The van der Waals surface area contributed by atoms with Gasteiger partial charge in [-0.15, -0.1) is 0 Å². The zero-order chi connectivity index (χ0) is 16.2. The highest BCUT2D eigenvalue weighted by atomic mass is 79.9. The number of rotatable bonds is 12. The Labute approximate surface area is 142 Å². The van der Waals surface area contributed by atoms with Gasteiger partial charge in [-0.3, -0.25) is 0 Å². The molecule has 0 aromatic heterocycles. The summed E-state index contributed by atoms with van der Waals surface area (Å²) in [5.41, 5.74) is 1.09. The van der Waals surface area contributed by atoms with Gasteiger partial charge < -0.3 is 19.5 Å². The van der Waals surface area contributed by atoms with E-state index >= 15 is 0 Å². The standard InChI is InChI=1S/C17H28BrNO3/c1-4-6-11-21-12-7-10-19-13-14-15(18)8-9-16(20-3)17(14)22-5-2/h8-9,19H,4-7,10-13H2,1-3H3. The van der Waals surface area contributed by atoms with E-state index in [-0.39, 0.29) is 0 Å². The van der Waals surface area contributed by atoms with Crippen LogP contribution in [0.25, 0.3) is 0 Å². The molecule has 0 aliphatic carbocycles. The highest BCUT2D eigenvalue weighted by molar-refractivity contribution is 9.10. The summed E-state index contributed by atoms with van der Waals surface area (Å²) in [5.74, 6) is 1.58. The first-order valence-electron chi connectivity index (χ1n) is 8.01. The lowest BCUT2D eigenvalue weighted by atomic mass is 10.2. The molecule has 0 heterocycles. The molecule has 0 saturated heterocycles. The monoisotopic (exact) mass is 373 g/mol. The summed E-state index contributed by atoms with van der Waals surface area (Å²) >= 11 is 3.59. The maximum atomic E-state index is 5.74. The number of hydrogen-bond donors (Lipinski definition) is 1. The molecule has 1 aromatic rings. The number of benzene rings is 1. The first-order valence-corrected chi connectivity index (χ1v) is 8.80. The van der Waals surface area contributed by atoms with E-state index in [2.05, 4.69) is 28.2 Å². The molecule has 0 aliphatic rings. The zero-order valence-corrected chi connectivity index (χ0v) is 15.5. The highest BCUT2D eigenvalue weighted by Crippen LogP contribution is 2.36. The zero-order valence-electron chi connectivity index (χ0n) is 13.9. The first-order chi connectivity index (χ1) is 10.7. The molecule has 1 aromatic carbocycles. The summed E-state index contributed by atoms with van der Waals surface area (Å²) in [4.78, 5) is 0. The summed E-state index contributed by atoms with van der Waals surface area (Å²) in [7, 11) is 1.66. The molecule has 0 aliphatic heterocycles. The normalized spacial score (nSPS) is 10.7. The van der Waals surface area contributed by atoms with Crippen LogP contribution in [0, 0.1) is 0 Å². The smallest absolute Gasteiger partial charge is 0.166 e. The van der Waals surface area contributed by atoms with Crippen molar-refractivity contribution in [3.63, 3.8) is 0 Å². The van der Waals surface area contributed by atoms with E-state index in [4.69, 9.17) is 14.2 Å². The van der Waals surface area contributed by atoms with Gasteiger partial charge >= 0.3 is 0 Å². The lowest BCUT2D eigenvalue weighted by molar-refractivity contribution is 0.128. The number of methoxy groups -OCH3 is 1. The molecule has 0 bridgehead atoms. The van der Waals surface area contributed by atoms with E-state index in [1.165, 1.54) is 6.42 Å². The Bertz CT molecular complexity index is 427. The molecule has 1 N–H and O–H groups in total. The summed E-state index contributed by atoms with van der Waals surface area (Å²) in [5, 5.41) is 3.44. The molecule has 1 rings (SSSR count). The summed E-state index contributed by atoms with van der Waals surface area (Å²) < 4.78 is 17.7. The third-order valence-corrected chi connectivity index (χ3v) is 4.00. The van der Waals surface area contributed by atoms with Gasteiger partial charge in [0.1, 0.15) is 0 Å². The predicted octanol–water partition coefficient (Wildman–Crippen LogP) is 4.15. The molecule has 4 nitrogen and oxygen atoms in total. The van der Waals surface area contributed by atoms with Crippen molar-refractivity contribution < 1.29 is 14.2 Å². The quantitative estimate of drug-likeness (QED) is 0.558. The SMILES string of the molecule is CCCCOCCCNCc1c(Br)ccc(OC)c1OCC. The van der Waals surface area contributed by atoms with Crippen molar-refractivity contribution in [1.29, 1.82) is 0 Å². The van der Waals surface area contributed by atoms with Gasteiger partial charge in [-0.25, -0.2) is 0 Å². The van der Waals surface area contributed by atoms with E-state index in [0.717, 1.165) is 60.7 Å². The van der Waals surface area contributed by atoms with Gasteiger partial charge in [0.05, 0.1) is 13.7 Å². The van der Waals surface area contributed by atoms with Crippen LogP contribution in [0.1, 0.15) is 38.7 Å². The summed E-state index contributed by atoms with van der Waals surface area (Å²) in [6, 6.07) is 3.91. The minimum atomic E-state index is 0.616. The van der Waals surface area contributed by atoms with Gasteiger partial charge in [-0.2, -0.15) is 0 Å². The molecule has 0 saturated carbocycles. The van der Waals surface area contributed by atoms with Crippen LogP contribution in [0.2, 0.25) is 0 Å². The Morgan fingerprint density at radius 1 is 1.14 bits per heavy atom. The van der Waals surface area contributed by atoms with Gasteiger partial charge in [0.25, 0.3) is 0 Å². The van der Waals surface area contributed by atoms with Crippen molar-refractivity contribution in [2.24, 2.45) is 0 Å². The van der Waals surface area contributed by atoms with Crippen LogP contribution in [-0.2, 0) is 11.3 Å². The maximum Gasteiger partial charge on any atom is 0.166 e. The van der Waals surface area contributed by atoms with Crippen LogP contribution < -0.4 is 14.8 Å². The minimum absolute atomic E-state index is 0.616. The Balaban J connectivity index is 2.44. The van der Waals surface area contributed by atoms with Crippen molar-refractivity contribution in [2.75, 3.05) is 33.5 Å². The van der Waals surface area contributed by atoms with Crippen molar-refractivity contribution in [3.8, 4) is 11.5 Å². The topological polar surface area (TPSA) is 39.7 Å². The fourth-order valence-corrected chi connectivity index (χ4v) is 2.52. The van der Waals surface area contributed by atoms with Gasteiger partial charge in [0, 0.05) is 29.8 Å². The lowest BCUT2D eigenvalue weighted by Gasteiger charge is -2.16. The Morgan fingerprint density at radius 2 is 1.91 bits per heavy atom. The molecule has 0 amide bonds. The Kier molecular flexibility index (Phi) is 10.3. The van der Waals surface area contributed by atoms with Crippen LogP contribution in [0.4, 0.5) is 0 Å². The average Bonchev–Trinajstić information content (AvgIpc) is 2.52. The van der Waals surface area contributed by atoms with Gasteiger partial charge in [-0.1, -0.05) is 29.3 Å². The minimum Gasteiger partial charge on any atom is -0.493 e. The average molecular weight is 374 g/mol. The second-order valence-electron chi connectivity index (χ2n) is 4.99. The fraction of sp³-hybridized carbons (Fsp3) is 0.647. The largest absolute Gasteiger partial charge is 0.493 e. The molecule has 0 fully saturated rings. The van der Waals surface area contributed by atoms with Crippen molar-refractivity contribution in [3.05, 3.63) is 22.2 Å². The molecular weight excluding hydrogens is 346 g/mol. The molecule has 22 heavy (non-hydrogen) atoms. The second-order valence-corrected chi connectivity index (χ2v) is 5.84. The molecule has 126 valence electrons. The Hall–Kier alpha value is -0.780. The lowest BCUT2D eigenvalue weighted by Crippen LogP contribution is -2.17. The van der Waals surface area contributed by atoms with Crippen LogP contribution in [-0.4, -0.2) is 33.5 Å². The first kappa shape index (κ1) is 19.3. The van der Waals surface area contributed by atoms with E-state index in [1.807, 2.05) is 19.1 Å². The van der Waals surface area contributed by atoms with Crippen molar-refractivity contribution in [2.45, 2.75) is 39.7 Å². The fourth-order valence-electron chi connectivity index (χ4n) is 2.07.